The first-order valence-corrected chi connectivity index (χ1v) is 6.91. The monoisotopic (exact) mass is 391 g/mol. The van der Waals surface area contributed by atoms with Gasteiger partial charge in [-0.25, -0.2) is 4.39 Å². The molecular formula is C13H12F7N3OS. The predicted molar refractivity (Wildman–Crippen MR) is 79.7 cm³/mol. The average Bonchev–Trinajstić information content (AvgIpc) is 2.41. The fourth-order valence-corrected chi connectivity index (χ4v) is 2.01. The smallest absolute Gasteiger partial charge is 0.376 e. The largest absolute Gasteiger partial charge is 0.406 e. The van der Waals surface area contributed by atoms with E-state index in [4.69, 9.17) is 5.73 Å². The second-order valence-electron chi connectivity index (χ2n) is 4.96. The molecule has 0 fully saturated rings. The fraction of sp³-hybridized carbons (Fsp3) is 0.385. The molecule has 0 heterocycles. The van der Waals surface area contributed by atoms with Gasteiger partial charge in [0.05, 0.1) is 5.69 Å². The third-order valence-corrected chi connectivity index (χ3v) is 3.10. The van der Waals surface area contributed by atoms with Crippen molar-refractivity contribution >= 4 is 28.9 Å². The first kappa shape index (κ1) is 20.9. The van der Waals surface area contributed by atoms with Crippen LogP contribution in [0.2, 0.25) is 0 Å². The molecule has 0 bridgehead atoms. The molecule has 0 aliphatic carbocycles. The highest BCUT2D eigenvalue weighted by Gasteiger charge is 2.34. The van der Waals surface area contributed by atoms with E-state index in [9.17, 15) is 35.5 Å². The van der Waals surface area contributed by atoms with Gasteiger partial charge in [0.15, 0.2) is 5.11 Å². The van der Waals surface area contributed by atoms with Gasteiger partial charge in [0.25, 0.3) is 5.91 Å². The molecule has 0 saturated carbocycles. The quantitative estimate of drug-likeness (QED) is 0.612. The molecule has 1 aromatic carbocycles. The van der Waals surface area contributed by atoms with Crippen LogP contribution in [0.3, 0.4) is 0 Å². The summed E-state index contributed by atoms with van der Waals surface area (Å²) in [4.78, 5) is 12.0. The topological polar surface area (TPSA) is 58.4 Å². The van der Waals surface area contributed by atoms with Crippen LogP contribution in [0.15, 0.2) is 12.1 Å². The van der Waals surface area contributed by atoms with Crippen LogP contribution < -0.4 is 16.0 Å². The number of amides is 1. The molecule has 0 aliphatic rings. The van der Waals surface area contributed by atoms with Gasteiger partial charge in [-0.15, -0.1) is 0 Å². The maximum absolute atomic E-state index is 14.0. The van der Waals surface area contributed by atoms with Gasteiger partial charge in [-0.1, -0.05) is 0 Å². The number of anilines is 1. The van der Waals surface area contributed by atoms with Crippen molar-refractivity contribution in [1.82, 2.24) is 5.32 Å². The summed E-state index contributed by atoms with van der Waals surface area (Å²) in [6.45, 7) is -2.17. The van der Waals surface area contributed by atoms with Crippen molar-refractivity contribution in [2.75, 3.05) is 18.0 Å². The maximum Gasteiger partial charge on any atom is 0.406 e. The third-order valence-electron chi connectivity index (χ3n) is 2.88. The summed E-state index contributed by atoms with van der Waals surface area (Å²) in [5.41, 5.74) is 3.88. The molecule has 0 spiro atoms. The van der Waals surface area contributed by atoms with Gasteiger partial charge in [-0.2, -0.15) is 26.3 Å². The summed E-state index contributed by atoms with van der Waals surface area (Å²) in [7, 11) is 0. The van der Waals surface area contributed by atoms with Crippen molar-refractivity contribution in [3.05, 3.63) is 29.1 Å². The van der Waals surface area contributed by atoms with E-state index >= 15 is 0 Å². The number of hydrogen-bond donors (Lipinski definition) is 2. The third kappa shape index (κ3) is 6.36. The van der Waals surface area contributed by atoms with Gasteiger partial charge in [0, 0.05) is 5.56 Å². The van der Waals surface area contributed by atoms with E-state index < -0.39 is 53.5 Å². The molecule has 0 atom stereocenters. The Morgan fingerprint density at radius 3 is 2.20 bits per heavy atom. The summed E-state index contributed by atoms with van der Waals surface area (Å²) < 4.78 is 88.3. The zero-order chi connectivity index (χ0) is 19.6. The van der Waals surface area contributed by atoms with Crippen LogP contribution in [0, 0.1) is 12.7 Å². The van der Waals surface area contributed by atoms with Crippen molar-refractivity contribution in [3.8, 4) is 0 Å². The zero-order valence-electron chi connectivity index (χ0n) is 12.6. The summed E-state index contributed by atoms with van der Waals surface area (Å²) in [5.74, 6) is -2.40. The Morgan fingerprint density at radius 1 is 1.20 bits per heavy atom. The van der Waals surface area contributed by atoms with Crippen molar-refractivity contribution < 1.29 is 35.5 Å². The number of aryl methyl sites for hydroxylation is 1. The van der Waals surface area contributed by atoms with E-state index in [1.165, 1.54) is 6.92 Å². The molecule has 25 heavy (non-hydrogen) atoms. The number of thiocarbonyl (C=S) groups is 1. The molecule has 3 N–H and O–H groups in total. The van der Waals surface area contributed by atoms with E-state index in [-0.39, 0.29) is 10.5 Å². The molecule has 1 aromatic rings. The number of benzene rings is 1. The van der Waals surface area contributed by atoms with E-state index in [2.05, 4.69) is 12.2 Å². The van der Waals surface area contributed by atoms with Crippen LogP contribution in [0.4, 0.5) is 36.4 Å². The SMILES string of the molecule is Cc1cc(F)c(N(CC(F)(F)F)C(N)=S)cc1C(=O)NCC(F)(F)F. The normalized spacial score (nSPS) is 12.0. The van der Waals surface area contributed by atoms with Crippen LogP contribution >= 0.6 is 12.2 Å². The Balaban J connectivity index is 3.25. The Labute approximate surface area is 142 Å². The molecule has 0 saturated heterocycles. The molecule has 1 rings (SSSR count). The number of alkyl halides is 6. The maximum atomic E-state index is 14.0. The number of carbonyl (C=O) groups excluding carboxylic acids is 1. The van der Waals surface area contributed by atoms with E-state index in [0.717, 1.165) is 0 Å². The summed E-state index contributed by atoms with van der Waals surface area (Å²) >= 11 is 4.46. The van der Waals surface area contributed by atoms with Gasteiger partial charge in [-0.3, -0.25) is 4.79 Å². The minimum atomic E-state index is -4.79. The lowest BCUT2D eigenvalue weighted by molar-refractivity contribution is -0.123. The average molecular weight is 391 g/mol. The van der Waals surface area contributed by atoms with Crippen molar-refractivity contribution in [2.45, 2.75) is 19.3 Å². The number of nitrogens with zero attached hydrogens (tertiary/aromatic N) is 1. The minimum absolute atomic E-state index is 0.0733. The van der Waals surface area contributed by atoms with Crippen LogP contribution in [0.1, 0.15) is 15.9 Å². The van der Waals surface area contributed by atoms with Crippen molar-refractivity contribution in [3.63, 3.8) is 0 Å². The number of nitrogens with two attached hydrogens (primary N) is 1. The van der Waals surface area contributed by atoms with Gasteiger partial charge >= 0.3 is 12.4 Å². The predicted octanol–water partition coefficient (Wildman–Crippen LogP) is 3.04. The first-order valence-electron chi connectivity index (χ1n) is 6.50. The lowest BCUT2D eigenvalue weighted by Crippen LogP contribution is -2.43. The van der Waals surface area contributed by atoms with Gasteiger partial charge in [-0.05, 0) is 36.8 Å². The highest BCUT2D eigenvalue weighted by molar-refractivity contribution is 7.80. The zero-order valence-corrected chi connectivity index (χ0v) is 13.4. The second-order valence-corrected chi connectivity index (χ2v) is 5.37. The molecule has 0 aromatic heterocycles. The Morgan fingerprint density at radius 2 is 1.76 bits per heavy atom. The minimum Gasteiger partial charge on any atom is -0.376 e. The number of nitrogens with one attached hydrogen (secondary N) is 1. The van der Waals surface area contributed by atoms with Gasteiger partial charge in [0.1, 0.15) is 18.9 Å². The second kappa shape index (κ2) is 7.42. The highest BCUT2D eigenvalue weighted by Crippen LogP contribution is 2.27. The van der Waals surface area contributed by atoms with Gasteiger partial charge < -0.3 is 16.0 Å². The lowest BCUT2D eigenvalue weighted by atomic mass is 10.1. The molecule has 1 amide bonds. The van der Waals surface area contributed by atoms with Crippen molar-refractivity contribution in [1.29, 1.82) is 0 Å². The lowest BCUT2D eigenvalue weighted by Gasteiger charge is -2.25. The standard InChI is InChI=1S/C13H12F7N3OS/c1-6-2-8(14)9(23(11(21)25)5-13(18,19)20)3-7(6)10(24)22-4-12(15,16)17/h2-3H,4-5H2,1H3,(H2,21,25)(H,22,24). The number of rotatable bonds is 4. The van der Waals surface area contributed by atoms with Crippen LogP contribution in [0.25, 0.3) is 0 Å². The van der Waals surface area contributed by atoms with Gasteiger partial charge in [0.2, 0.25) is 0 Å². The molecule has 0 radical (unpaired) electrons. The van der Waals surface area contributed by atoms with E-state index in [1.807, 2.05) is 0 Å². The summed E-state index contributed by atoms with van der Waals surface area (Å²) in [5, 5.41) is 0.734. The Hall–Kier alpha value is -2.11. The molecule has 0 aliphatic heterocycles. The summed E-state index contributed by atoms with van der Waals surface area (Å²) in [6, 6.07) is 1.38. The van der Waals surface area contributed by atoms with Crippen LogP contribution in [0.5, 0.6) is 0 Å². The fourth-order valence-electron chi connectivity index (χ4n) is 1.85. The summed E-state index contributed by atoms with van der Waals surface area (Å²) in [6.07, 6.45) is -9.48. The first-order chi connectivity index (χ1) is 11.2. The van der Waals surface area contributed by atoms with E-state index in [1.54, 1.807) is 5.32 Å². The van der Waals surface area contributed by atoms with Crippen LogP contribution in [-0.2, 0) is 0 Å². The molecular weight excluding hydrogens is 379 g/mol. The number of hydrogen-bond acceptors (Lipinski definition) is 2. The van der Waals surface area contributed by atoms with E-state index in [0.29, 0.717) is 12.1 Å². The van der Waals surface area contributed by atoms with Crippen LogP contribution in [-0.4, -0.2) is 36.5 Å². The molecule has 140 valence electrons. The molecule has 12 heteroatoms. The Kier molecular flexibility index (Phi) is 6.21. The molecule has 0 unspecified atom stereocenters. The number of halogens is 7. The van der Waals surface area contributed by atoms with Crippen molar-refractivity contribution in [2.24, 2.45) is 5.73 Å². The Bertz CT molecular complexity index is 673. The molecule has 4 nitrogen and oxygen atoms in total. The number of carbonyl (C=O) groups is 1. The highest BCUT2D eigenvalue weighted by atomic mass is 32.1.